The summed E-state index contributed by atoms with van der Waals surface area (Å²) in [7, 11) is 0. The fourth-order valence-corrected chi connectivity index (χ4v) is 1.90. The van der Waals surface area contributed by atoms with Gasteiger partial charge in [-0.25, -0.2) is 0 Å². The molecule has 0 atom stereocenters. The lowest BCUT2D eigenvalue weighted by Crippen LogP contribution is -2.16. The van der Waals surface area contributed by atoms with Crippen LogP contribution in [0.1, 0.15) is 22.3 Å². The number of aromatic hydroxyl groups is 1. The third-order valence-corrected chi connectivity index (χ3v) is 2.95. The first-order chi connectivity index (χ1) is 10.1. The molecule has 2 aromatic rings. The third-order valence-electron chi connectivity index (χ3n) is 2.95. The van der Waals surface area contributed by atoms with Crippen molar-refractivity contribution < 1.29 is 19.4 Å². The molecule has 4 nitrogen and oxygen atoms in total. The van der Waals surface area contributed by atoms with Crippen LogP contribution in [-0.2, 0) is 4.79 Å². The average molecular weight is 284 g/mol. The molecule has 21 heavy (non-hydrogen) atoms. The molecule has 0 heterocycles. The van der Waals surface area contributed by atoms with Crippen molar-refractivity contribution in [3.05, 3.63) is 59.7 Å². The van der Waals surface area contributed by atoms with E-state index in [2.05, 4.69) is 0 Å². The van der Waals surface area contributed by atoms with Gasteiger partial charge in [-0.1, -0.05) is 24.3 Å². The molecule has 108 valence electrons. The standard InChI is InChI=1S/C17H16O4/c1-12-5-4-6-14(9-12)21-11-13(18)10-17(20)15-7-2-3-8-16(15)19/h2-9,19H,10-11H2,1H3. The molecule has 0 amide bonds. The second kappa shape index (κ2) is 6.70. The second-order valence-electron chi connectivity index (χ2n) is 4.76. The summed E-state index contributed by atoms with van der Waals surface area (Å²) in [5.41, 5.74) is 1.19. The van der Waals surface area contributed by atoms with Gasteiger partial charge in [0.15, 0.2) is 11.6 Å². The van der Waals surface area contributed by atoms with Crippen LogP contribution in [0, 0.1) is 6.92 Å². The van der Waals surface area contributed by atoms with Crippen LogP contribution in [-0.4, -0.2) is 23.3 Å². The van der Waals surface area contributed by atoms with E-state index in [-0.39, 0.29) is 30.1 Å². The first kappa shape index (κ1) is 14.8. The van der Waals surface area contributed by atoms with Crippen molar-refractivity contribution in [1.82, 2.24) is 0 Å². The molecule has 2 aromatic carbocycles. The minimum atomic E-state index is -0.411. The van der Waals surface area contributed by atoms with Crippen molar-refractivity contribution in [2.75, 3.05) is 6.61 Å². The number of rotatable bonds is 6. The van der Waals surface area contributed by atoms with Crippen LogP contribution in [0.25, 0.3) is 0 Å². The quantitative estimate of drug-likeness (QED) is 0.654. The molecule has 0 unspecified atom stereocenters. The highest BCUT2D eigenvalue weighted by molar-refractivity contribution is 6.09. The Morgan fingerprint density at radius 2 is 1.86 bits per heavy atom. The van der Waals surface area contributed by atoms with E-state index in [1.807, 2.05) is 25.1 Å². The van der Waals surface area contributed by atoms with Gasteiger partial charge in [-0.2, -0.15) is 0 Å². The highest BCUT2D eigenvalue weighted by Crippen LogP contribution is 2.18. The maximum atomic E-state index is 11.9. The Kier molecular flexibility index (Phi) is 4.72. The van der Waals surface area contributed by atoms with Crippen molar-refractivity contribution in [2.45, 2.75) is 13.3 Å². The van der Waals surface area contributed by atoms with E-state index >= 15 is 0 Å². The number of phenols is 1. The monoisotopic (exact) mass is 284 g/mol. The fourth-order valence-electron chi connectivity index (χ4n) is 1.90. The number of phenolic OH excluding ortho intramolecular Hbond substituents is 1. The first-order valence-electron chi connectivity index (χ1n) is 6.58. The van der Waals surface area contributed by atoms with E-state index < -0.39 is 5.78 Å². The Hall–Kier alpha value is -2.62. The van der Waals surface area contributed by atoms with Gasteiger partial charge in [-0.3, -0.25) is 9.59 Å². The Bertz CT molecular complexity index is 661. The number of ether oxygens (including phenoxy) is 1. The minimum Gasteiger partial charge on any atom is -0.507 e. The number of aryl methyl sites for hydroxylation is 1. The normalized spacial score (nSPS) is 10.1. The topological polar surface area (TPSA) is 63.6 Å². The summed E-state index contributed by atoms with van der Waals surface area (Å²) in [6, 6.07) is 13.5. The number of benzene rings is 2. The van der Waals surface area contributed by atoms with Crippen LogP contribution in [0.3, 0.4) is 0 Å². The van der Waals surface area contributed by atoms with Crippen molar-refractivity contribution in [1.29, 1.82) is 0 Å². The Balaban J connectivity index is 1.90. The highest BCUT2D eigenvalue weighted by Gasteiger charge is 2.15. The lowest BCUT2D eigenvalue weighted by Gasteiger charge is -2.06. The summed E-state index contributed by atoms with van der Waals surface area (Å²) < 4.78 is 5.35. The number of para-hydroxylation sites is 1. The Labute approximate surface area is 123 Å². The molecule has 1 N–H and O–H groups in total. The fraction of sp³-hybridized carbons (Fsp3) is 0.176. The first-order valence-corrected chi connectivity index (χ1v) is 6.58. The second-order valence-corrected chi connectivity index (χ2v) is 4.76. The van der Waals surface area contributed by atoms with Crippen molar-refractivity contribution in [3.8, 4) is 11.5 Å². The SMILES string of the molecule is Cc1cccc(OCC(=O)CC(=O)c2ccccc2O)c1. The molecule has 0 aliphatic carbocycles. The average Bonchev–Trinajstić information content (AvgIpc) is 2.45. The van der Waals surface area contributed by atoms with Crippen molar-refractivity contribution >= 4 is 11.6 Å². The summed E-state index contributed by atoms with van der Waals surface area (Å²) in [6.45, 7) is 1.76. The van der Waals surface area contributed by atoms with Crippen LogP contribution >= 0.6 is 0 Å². The Morgan fingerprint density at radius 1 is 1.10 bits per heavy atom. The number of carbonyl (C=O) groups excluding carboxylic acids is 2. The van der Waals surface area contributed by atoms with Gasteiger partial charge < -0.3 is 9.84 Å². The van der Waals surface area contributed by atoms with E-state index in [4.69, 9.17) is 4.74 Å². The molecule has 0 fully saturated rings. The zero-order valence-corrected chi connectivity index (χ0v) is 11.7. The molecular weight excluding hydrogens is 268 g/mol. The maximum Gasteiger partial charge on any atom is 0.177 e. The van der Waals surface area contributed by atoms with Gasteiger partial charge in [0.1, 0.15) is 18.1 Å². The molecule has 2 rings (SSSR count). The summed E-state index contributed by atoms with van der Waals surface area (Å²) in [5, 5.41) is 9.57. The summed E-state index contributed by atoms with van der Waals surface area (Å²) >= 11 is 0. The predicted octanol–water partition coefficient (Wildman–Crippen LogP) is 2.92. The number of hydrogen-bond acceptors (Lipinski definition) is 4. The van der Waals surface area contributed by atoms with Gasteiger partial charge in [0.25, 0.3) is 0 Å². The molecule has 4 heteroatoms. The molecule has 0 aliphatic rings. The van der Waals surface area contributed by atoms with E-state index in [1.165, 1.54) is 12.1 Å². The number of ketones is 2. The smallest absolute Gasteiger partial charge is 0.177 e. The maximum absolute atomic E-state index is 11.9. The molecule has 0 saturated carbocycles. The molecule has 0 spiro atoms. The number of carbonyl (C=O) groups is 2. The van der Waals surface area contributed by atoms with Gasteiger partial charge in [0.2, 0.25) is 0 Å². The van der Waals surface area contributed by atoms with Gasteiger partial charge >= 0.3 is 0 Å². The minimum absolute atomic E-state index is 0.116. The highest BCUT2D eigenvalue weighted by atomic mass is 16.5. The summed E-state index contributed by atoms with van der Waals surface area (Å²) in [5.74, 6) is -0.260. The van der Waals surface area contributed by atoms with Gasteiger partial charge in [-0.05, 0) is 36.8 Å². The largest absolute Gasteiger partial charge is 0.507 e. The van der Waals surface area contributed by atoms with Crippen LogP contribution < -0.4 is 4.74 Å². The molecule has 0 radical (unpaired) electrons. The van der Waals surface area contributed by atoms with E-state index in [0.29, 0.717) is 5.75 Å². The van der Waals surface area contributed by atoms with Crippen LogP contribution in [0.4, 0.5) is 0 Å². The summed E-state index contributed by atoms with van der Waals surface area (Å²) in [6.07, 6.45) is -0.288. The zero-order valence-electron chi connectivity index (χ0n) is 11.7. The van der Waals surface area contributed by atoms with E-state index in [0.717, 1.165) is 5.56 Å². The van der Waals surface area contributed by atoms with E-state index in [9.17, 15) is 14.7 Å². The zero-order chi connectivity index (χ0) is 15.2. The number of Topliss-reactive ketones (excluding diaryl/α,β-unsaturated/α-hetero) is 2. The summed E-state index contributed by atoms with van der Waals surface area (Å²) in [4.78, 5) is 23.7. The predicted molar refractivity (Wildman–Crippen MR) is 78.7 cm³/mol. The Morgan fingerprint density at radius 3 is 2.57 bits per heavy atom. The van der Waals surface area contributed by atoms with Gasteiger partial charge in [0, 0.05) is 0 Å². The molecule has 0 bridgehead atoms. The molecule has 0 aromatic heterocycles. The van der Waals surface area contributed by atoms with Crippen LogP contribution in [0.5, 0.6) is 11.5 Å². The van der Waals surface area contributed by atoms with Gasteiger partial charge in [-0.15, -0.1) is 0 Å². The van der Waals surface area contributed by atoms with Crippen molar-refractivity contribution in [2.24, 2.45) is 0 Å². The van der Waals surface area contributed by atoms with Crippen molar-refractivity contribution in [3.63, 3.8) is 0 Å². The van der Waals surface area contributed by atoms with Gasteiger partial charge in [0.05, 0.1) is 12.0 Å². The molecule has 0 aliphatic heterocycles. The van der Waals surface area contributed by atoms with Crippen LogP contribution in [0.15, 0.2) is 48.5 Å². The van der Waals surface area contributed by atoms with Crippen LogP contribution in [0.2, 0.25) is 0 Å². The lowest BCUT2D eigenvalue weighted by atomic mass is 10.1. The lowest BCUT2D eigenvalue weighted by molar-refractivity contribution is -0.120. The van der Waals surface area contributed by atoms with E-state index in [1.54, 1.807) is 18.2 Å². The molecular formula is C17H16O4. The third kappa shape index (κ3) is 4.18. The number of hydrogen-bond donors (Lipinski definition) is 1. The molecule has 0 saturated heterocycles.